The van der Waals surface area contributed by atoms with Crippen LogP contribution in [0.3, 0.4) is 0 Å². The summed E-state index contributed by atoms with van der Waals surface area (Å²) in [6.45, 7) is 2.29. The summed E-state index contributed by atoms with van der Waals surface area (Å²) in [6, 6.07) is 15.5. The molecule has 0 spiro atoms. The number of aliphatic hydroxyl groups excluding tert-OH is 1. The standard InChI is InChI=1S/C22H25NO5/c24-20-13-23(22(25)27-14-16-4-2-1-3-5-16)10-8-21(20)28-19-7-6-18-15-26-11-9-17(18)12-19/h1-7,12,20-21,24H,8-11,13-15H2. The molecule has 2 aliphatic heterocycles. The van der Waals surface area contributed by atoms with E-state index in [9.17, 15) is 9.90 Å². The van der Waals surface area contributed by atoms with Crippen LogP contribution in [0.15, 0.2) is 48.5 Å². The van der Waals surface area contributed by atoms with Gasteiger partial charge in [0.25, 0.3) is 0 Å². The first-order chi connectivity index (χ1) is 13.7. The normalized spacial score (nSPS) is 21.7. The van der Waals surface area contributed by atoms with Crippen molar-refractivity contribution in [2.45, 2.75) is 38.3 Å². The highest BCUT2D eigenvalue weighted by Crippen LogP contribution is 2.25. The summed E-state index contributed by atoms with van der Waals surface area (Å²) < 4.78 is 16.8. The summed E-state index contributed by atoms with van der Waals surface area (Å²) in [6.07, 6.45) is -0.0636. The van der Waals surface area contributed by atoms with Gasteiger partial charge < -0.3 is 24.2 Å². The van der Waals surface area contributed by atoms with Crippen molar-refractivity contribution in [1.82, 2.24) is 4.90 Å². The van der Waals surface area contributed by atoms with E-state index in [4.69, 9.17) is 14.2 Å². The molecular formula is C22H25NO5. The number of carbonyl (C=O) groups is 1. The third-order valence-electron chi connectivity index (χ3n) is 5.22. The van der Waals surface area contributed by atoms with E-state index in [2.05, 4.69) is 0 Å². The smallest absolute Gasteiger partial charge is 0.410 e. The van der Waals surface area contributed by atoms with E-state index in [1.165, 1.54) is 16.0 Å². The molecule has 0 aliphatic carbocycles. The predicted octanol–water partition coefficient (Wildman–Crippen LogP) is 2.91. The van der Waals surface area contributed by atoms with Crippen molar-refractivity contribution < 1.29 is 24.1 Å². The second kappa shape index (κ2) is 8.63. The van der Waals surface area contributed by atoms with E-state index >= 15 is 0 Å². The summed E-state index contributed by atoms with van der Waals surface area (Å²) in [7, 11) is 0. The lowest BCUT2D eigenvalue weighted by atomic mass is 10.0. The van der Waals surface area contributed by atoms with Gasteiger partial charge >= 0.3 is 6.09 Å². The zero-order valence-electron chi connectivity index (χ0n) is 15.8. The Morgan fingerprint density at radius 2 is 2.04 bits per heavy atom. The number of fused-ring (bicyclic) bond motifs is 1. The molecule has 1 fully saturated rings. The average Bonchev–Trinajstić information content (AvgIpc) is 2.74. The molecule has 1 N–H and O–H groups in total. The molecule has 0 aromatic heterocycles. The fraction of sp³-hybridized carbons (Fsp3) is 0.409. The maximum atomic E-state index is 12.3. The van der Waals surface area contributed by atoms with E-state index in [0.717, 1.165) is 24.3 Å². The van der Waals surface area contributed by atoms with Gasteiger partial charge in [-0.2, -0.15) is 0 Å². The van der Waals surface area contributed by atoms with Crippen LogP contribution in [0.25, 0.3) is 0 Å². The fourth-order valence-electron chi connectivity index (χ4n) is 3.61. The van der Waals surface area contributed by atoms with Crippen LogP contribution in [0.1, 0.15) is 23.1 Å². The minimum Gasteiger partial charge on any atom is -0.488 e. The van der Waals surface area contributed by atoms with Crippen LogP contribution >= 0.6 is 0 Å². The summed E-state index contributed by atoms with van der Waals surface area (Å²) in [5.41, 5.74) is 3.36. The highest BCUT2D eigenvalue weighted by molar-refractivity contribution is 5.67. The number of amides is 1. The van der Waals surface area contributed by atoms with Crippen molar-refractivity contribution in [3.8, 4) is 5.75 Å². The number of likely N-dealkylation sites (tertiary alicyclic amines) is 1. The molecule has 28 heavy (non-hydrogen) atoms. The van der Waals surface area contributed by atoms with E-state index in [1.807, 2.05) is 48.5 Å². The molecule has 2 aliphatic rings. The summed E-state index contributed by atoms with van der Waals surface area (Å²) in [5, 5.41) is 10.5. The maximum absolute atomic E-state index is 12.3. The van der Waals surface area contributed by atoms with Gasteiger partial charge in [-0.1, -0.05) is 36.4 Å². The van der Waals surface area contributed by atoms with Crippen molar-refractivity contribution in [2.24, 2.45) is 0 Å². The van der Waals surface area contributed by atoms with E-state index < -0.39 is 12.2 Å². The van der Waals surface area contributed by atoms with Crippen molar-refractivity contribution in [1.29, 1.82) is 0 Å². The van der Waals surface area contributed by atoms with Crippen molar-refractivity contribution >= 4 is 6.09 Å². The Balaban J connectivity index is 1.29. The van der Waals surface area contributed by atoms with Crippen LogP contribution in [-0.4, -0.2) is 48.0 Å². The molecule has 0 bridgehead atoms. The third kappa shape index (κ3) is 4.46. The summed E-state index contributed by atoms with van der Waals surface area (Å²) >= 11 is 0. The van der Waals surface area contributed by atoms with E-state index in [1.54, 1.807) is 0 Å². The van der Waals surface area contributed by atoms with Gasteiger partial charge in [-0.15, -0.1) is 0 Å². The molecule has 148 valence electrons. The lowest BCUT2D eigenvalue weighted by Crippen LogP contribution is -2.51. The van der Waals surface area contributed by atoms with Gasteiger partial charge in [-0.25, -0.2) is 4.79 Å². The number of piperidine rings is 1. The topological polar surface area (TPSA) is 68.2 Å². The summed E-state index contributed by atoms with van der Waals surface area (Å²) in [4.78, 5) is 13.8. The van der Waals surface area contributed by atoms with Crippen molar-refractivity contribution in [3.63, 3.8) is 0 Å². The molecule has 2 aromatic carbocycles. The Kier molecular flexibility index (Phi) is 5.78. The number of hydrogen-bond acceptors (Lipinski definition) is 5. The minimum atomic E-state index is -0.752. The first-order valence-electron chi connectivity index (χ1n) is 9.69. The molecule has 1 saturated heterocycles. The minimum absolute atomic E-state index is 0.205. The fourth-order valence-corrected chi connectivity index (χ4v) is 3.61. The molecule has 4 rings (SSSR count). The number of hydrogen-bond donors (Lipinski definition) is 1. The van der Waals surface area contributed by atoms with Gasteiger partial charge in [0.05, 0.1) is 19.8 Å². The predicted molar refractivity (Wildman–Crippen MR) is 103 cm³/mol. The maximum Gasteiger partial charge on any atom is 0.410 e. The molecule has 6 heteroatoms. The van der Waals surface area contributed by atoms with Gasteiger partial charge in [0, 0.05) is 13.0 Å². The van der Waals surface area contributed by atoms with Gasteiger partial charge in [0.1, 0.15) is 24.6 Å². The molecule has 2 aromatic rings. The van der Waals surface area contributed by atoms with Gasteiger partial charge in [0.15, 0.2) is 0 Å². The Morgan fingerprint density at radius 1 is 1.18 bits per heavy atom. The number of carbonyl (C=O) groups excluding carboxylic acids is 1. The summed E-state index contributed by atoms with van der Waals surface area (Å²) in [5.74, 6) is 0.754. The van der Waals surface area contributed by atoms with Crippen molar-refractivity contribution in [3.05, 3.63) is 65.2 Å². The number of β-amino-alcohol motifs (C(OH)–C–C–N with tert-alkyl or cyclic N) is 1. The van der Waals surface area contributed by atoms with E-state index in [0.29, 0.717) is 19.6 Å². The largest absolute Gasteiger partial charge is 0.488 e. The number of ether oxygens (including phenoxy) is 3. The third-order valence-corrected chi connectivity index (χ3v) is 5.22. The van der Waals surface area contributed by atoms with Crippen molar-refractivity contribution in [2.75, 3.05) is 19.7 Å². The Labute approximate surface area is 164 Å². The van der Waals surface area contributed by atoms with Crippen LogP contribution in [0.4, 0.5) is 4.79 Å². The molecule has 2 heterocycles. The average molecular weight is 383 g/mol. The Morgan fingerprint density at radius 3 is 2.86 bits per heavy atom. The first-order valence-corrected chi connectivity index (χ1v) is 9.69. The zero-order chi connectivity index (χ0) is 19.3. The van der Waals surface area contributed by atoms with Crippen LogP contribution < -0.4 is 4.74 Å². The second-order valence-electron chi connectivity index (χ2n) is 7.23. The van der Waals surface area contributed by atoms with Crippen LogP contribution in [0.5, 0.6) is 5.75 Å². The molecule has 6 nitrogen and oxygen atoms in total. The van der Waals surface area contributed by atoms with E-state index in [-0.39, 0.29) is 19.3 Å². The zero-order valence-corrected chi connectivity index (χ0v) is 15.8. The highest BCUT2D eigenvalue weighted by Gasteiger charge is 2.32. The first kappa shape index (κ1) is 18.8. The Bertz CT molecular complexity index is 810. The quantitative estimate of drug-likeness (QED) is 0.879. The second-order valence-corrected chi connectivity index (χ2v) is 7.23. The molecule has 2 unspecified atom stereocenters. The molecule has 2 atom stereocenters. The lowest BCUT2D eigenvalue weighted by Gasteiger charge is -2.35. The number of aliphatic hydroxyl groups is 1. The van der Waals surface area contributed by atoms with Crippen LogP contribution in [0, 0.1) is 0 Å². The molecule has 0 radical (unpaired) electrons. The van der Waals surface area contributed by atoms with Crippen LogP contribution in [0.2, 0.25) is 0 Å². The number of benzene rings is 2. The number of nitrogens with zero attached hydrogens (tertiary/aromatic N) is 1. The van der Waals surface area contributed by atoms with Gasteiger partial charge in [0.2, 0.25) is 0 Å². The SMILES string of the molecule is O=C(OCc1ccccc1)N1CCC(Oc2ccc3c(c2)CCOC3)C(O)C1. The van der Waals surface area contributed by atoms with Gasteiger partial charge in [-0.3, -0.25) is 0 Å². The van der Waals surface area contributed by atoms with Crippen LogP contribution in [-0.2, 0) is 29.1 Å². The number of rotatable bonds is 4. The molecule has 1 amide bonds. The highest BCUT2D eigenvalue weighted by atomic mass is 16.6. The Hall–Kier alpha value is -2.57. The molecule has 0 saturated carbocycles. The van der Waals surface area contributed by atoms with Gasteiger partial charge in [-0.05, 0) is 35.2 Å². The lowest BCUT2D eigenvalue weighted by molar-refractivity contribution is -0.0253. The molecular weight excluding hydrogens is 358 g/mol. The monoisotopic (exact) mass is 383 g/mol.